The van der Waals surface area contributed by atoms with Gasteiger partial charge in [-0.3, -0.25) is 4.99 Å². The molecule has 0 spiro atoms. The van der Waals surface area contributed by atoms with Crippen molar-refractivity contribution in [1.29, 1.82) is 0 Å². The number of hydrogen-bond donors (Lipinski definition) is 0. The molecule has 1 aromatic rings. The van der Waals surface area contributed by atoms with Gasteiger partial charge in [0, 0.05) is 13.1 Å². The van der Waals surface area contributed by atoms with Gasteiger partial charge in [-0.1, -0.05) is 0 Å². The third-order valence-electron chi connectivity index (χ3n) is 3.47. The number of ether oxygens (including phenoxy) is 1. The number of halogens is 3. The van der Waals surface area contributed by atoms with Crippen LogP contribution in [0.1, 0.15) is 13.8 Å². The first kappa shape index (κ1) is 18.4. The number of nitrogens with zero attached hydrogens (tertiary/aromatic N) is 3. The van der Waals surface area contributed by atoms with Crippen molar-refractivity contribution in [3.8, 4) is 5.75 Å². The molecule has 1 heterocycles. The van der Waals surface area contributed by atoms with Crippen LogP contribution in [0.25, 0.3) is 0 Å². The monoisotopic (exact) mass is 365 g/mol. The Morgan fingerprint density at radius 2 is 1.79 bits per heavy atom. The SMILES string of the molecule is CCN(CC)C1=NCCN1S(=O)(=O)c1ccc(OC(F)(F)F)cc1. The van der Waals surface area contributed by atoms with Crippen LogP contribution < -0.4 is 4.74 Å². The lowest BCUT2D eigenvalue weighted by atomic mass is 10.3. The highest BCUT2D eigenvalue weighted by Crippen LogP contribution is 2.26. The Bertz CT molecular complexity index is 698. The highest BCUT2D eigenvalue weighted by molar-refractivity contribution is 7.89. The Labute approximate surface area is 138 Å². The van der Waals surface area contributed by atoms with Gasteiger partial charge in [0.05, 0.1) is 18.0 Å². The minimum atomic E-state index is -4.82. The van der Waals surface area contributed by atoms with E-state index in [4.69, 9.17) is 0 Å². The summed E-state index contributed by atoms with van der Waals surface area (Å²) in [6.07, 6.45) is -4.82. The largest absolute Gasteiger partial charge is 0.573 e. The summed E-state index contributed by atoms with van der Waals surface area (Å²) in [6.45, 7) is 5.52. The molecule has 0 amide bonds. The Morgan fingerprint density at radius 1 is 1.21 bits per heavy atom. The zero-order valence-electron chi connectivity index (χ0n) is 13.2. The second-order valence-corrected chi connectivity index (χ2v) is 6.81. The Morgan fingerprint density at radius 3 is 2.29 bits per heavy atom. The normalized spacial score (nSPS) is 15.4. The topological polar surface area (TPSA) is 62.2 Å². The third-order valence-corrected chi connectivity index (χ3v) is 5.27. The van der Waals surface area contributed by atoms with Gasteiger partial charge in [-0.15, -0.1) is 13.2 Å². The van der Waals surface area contributed by atoms with Gasteiger partial charge in [0.15, 0.2) is 0 Å². The zero-order valence-corrected chi connectivity index (χ0v) is 14.1. The molecule has 0 radical (unpaired) electrons. The van der Waals surface area contributed by atoms with E-state index < -0.39 is 22.1 Å². The fourth-order valence-electron chi connectivity index (χ4n) is 2.35. The Balaban J connectivity index is 2.26. The highest BCUT2D eigenvalue weighted by Gasteiger charge is 2.34. The van der Waals surface area contributed by atoms with Gasteiger partial charge in [-0.2, -0.15) is 0 Å². The molecule has 0 unspecified atom stereocenters. The molecule has 0 saturated carbocycles. The molecule has 6 nitrogen and oxygen atoms in total. The van der Waals surface area contributed by atoms with Crippen molar-refractivity contribution in [2.75, 3.05) is 26.2 Å². The van der Waals surface area contributed by atoms with Crippen LogP contribution in [-0.4, -0.2) is 56.1 Å². The molecule has 0 fully saturated rings. The Hall–Kier alpha value is -1.97. The molecule has 1 aliphatic rings. The van der Waals surface area contributed by atoms with E-state index in [2.05, 4.69) is 9.73 Å². The lowest BCUT2D eigenvalue weighted by Gasteiger charge is -2.28. The van der Waals surface area contributed by atoms with Crippen molar-refractivity contribution < 1.29 is 26.3 Å². The van der Waals surface area contributed by atoms with E-state index in [9.17, 15) is 21.6 Å². The van der Waals surface area contributed by atoms with Gasteiger partial charge in [0.1, 0.15) is 5.75 Å². The van der Waals surface area contributed by atoms with Crippen LogP contribution in [0.3, 0.4) is 0 Å². The van der Waals surface area contributed by atoms with E-state index in [1.807, 2.05) is 18.7 Å². The van der Waals surface area contributed by atoms with Crippen molar-refractivity contribution in [3.05, 3.63) is 24.3 Å². The van der Waals surface area contributed by atoms with Crippen LogP contribution in [0.2, 0.25) is 0 Å². The van der Waals surface area contributed by atoms with Crippen LogP contribution in [0.15, 0.2) is 34.2 Å². The average Bonchev–Trinajstić information content (AvgIpc) is 2.98. The average molecular weight is 365 g/mol. The first-order valence-electron chi connectivity index (χ1n) is 7.37. The second-order valence-electron chi connectivity index (χ2n) is 4.95. The van der Waals surface area contributed by atoms with Gasteiger partial charge in [0.25, 0.3) is 10.0 Å². The molecule has 0 bridgehead atoms. The van der Waals surface area contributed by atoms with E-state index in [0.29, 0.717) is 25.6 Å². The molecule has 134 valence electrons. The summed E-state index contributed by atoms with van der Waals surface area (Å²) < 4.78 is 66.9. The molecule has 0 atom stereocenters. The summed E-state index contributed by atoms with van der Waals surface area (Å²) in [6, 6.07) is 4.14. The molecule has 2 rings (SSSR count). The Kier molecular flexibility index (Phi) is 5.26. The first-order chi connectivity index (χ1) is 11.2. The van der Waals surface area contributed by atoms with Gasteiger partial charge in [-0.05, 0) is 38.1 Å². The van der Waals surface area contributed by atoms with Crippen LogP contribution >= 0.6 is 0 Å². The molecule has 0 N–H and O–H groups in total. The van der Waals surface area contributed by atoms with Crippen LogP contribution in [0, 0.1) is 0 Å². The fourth-order valence-corrected chi connectivity index (χ4v) is 3.80. The van der Waals surface area contributed by atoms with Gasteiger partial charge >= 0.3 is 6.36 Å². The van der Waals surface area contributed by atoms with E-state index >= 15 is 0 Å². The summed E-state index contributed by atoms with van der Waals surface area (Å²) in [7, 11) is -3.89. The number of aliphatic imine (C=N–C) groups is 1. The number of alkyl halides is 3. The zero-order chi connectivity index (χ0) is 18.0. The van der Waals surface area contributed by atoms with Crippen LogP contribution in [0.5, 0.6) is 5.75 Å². The molecule has 10 heteroatoms. The summed E-state index contributed by atoms with van der Waals surface area (Å²) in [5.74, 6) is -0.115. The smallest absolute Gasteiger partial charge is 0.406 e. The van der Waals surface area contributed by atoms with Crippen LogP contribution in [0.4, 0.5) is 13.2 Å². The van der Waals surface area contributed by atoms with E-state index in [0.717, 1.165) is 24.3 Å². The summed E-state index contributed by atoms with van der Waals surface area (Å²) in [4.78, 5) is 5.93. The maximum Gasteiger partial charge on any atom is 0.573 e. The predicted octanol–water partition coefficient (Wildman–Crippen LogP) is 2.29. The molecule has 24 heavy (non-hydrogen) atoms. The summed E-state index contributed by atoms with van der Waals surface area (Å²) in [5.41, 5.74) is 0. The van der Waals surface area contributed by atoms with Crippen molar-refractivity contribution in [2.45, 2.75) is 25.1 Å². The fraction of sp³-hybridized carbons (Fsp3) is 0.500. The van der Waals surface area contributed by atoms with Crippen molar-refractivity contribution in [1.82, 2.24) is 9.21 Å². The molecule has 1 aliphatic heterocycles. The summed E-state index contributed by atoms with van der Waals surface area (Å²) in [5, 5.41) is 0. The van der Waals surface area contributed by atoms with Gasteiger partial charge < -0.3 is 9.64 Å². The quantitative estimate of drug-likeness (QED) is 0.803. The van der Waals surface area contributed by atoms with Crippen molar-refractivity contribution >= 4 is 16.0 Å². The molecular weight excluding hydrogens is 347 g/mol. The summed E-state index contributed by atoms with van der Waals surface area (Å²) >= 11 is 0. The number of hydrogen-bond acceptors (Lipinski definition) is 5. The van der Waals surface area contributed by atoms with Crippen LogP contribution in [-0.2, 0) is 10.0 Å². The standard InChI is InChI=1S/C14H18F3N3O3S/c1-3-19(4-2)13-18-9-10-20(13)24(21,22)12-7-5-11(6-8-12)23-14(15,16)17/h5-8H,3-4,9-10H2,1-2H3. The van der Waals surface area contributed by atoms with E-state index in [1.54, 1.807) is 0 Å². The lowest BCUT2D eigenvalue weighted by Crippen LogP contribution is -2.44. The van der Waals surface area contributed by atoms with E-state index in [-0.39, 0.29) is 11.4 Å². The molecule has 0 saturated heterocycles. The van der Waals surface area contributed by atoms with Crippen molar-refractivity contribution in [2.24, 2.45) is 4.99 Å². The number of guanidine groups is 1. The lowest BCUT2D eigenvalue weighted by molar-refractivity contribution is -0.274. The molecule has 1 aromatic carbocycles. The molecular formula is C14H18F3N3O3S. The number of rotatable bonds is 5. The van der Waals surface area contributed by atoms with Gasteiger partial charge in [-0.25, -0.2) is 12.7 Å². The molecule has 0 aromatic heterocycles. The maximum absolute atomic E-state index is 12.7. The highest BCUT2D eigenvalue weighted by atomic mass is 32.2. The second kappa shape index (κ2) is 6.88. The maximum atomic E-state index is 12.7. The minimum absolute atomic E-state index is 0.112. The number of benzene rings is 1. The number of sulfonamides is 1. The molecule has 0 aliphatic carbocycles. The van der Waals surface area contributed by atoms with Crippen molar-refractivity contribution in [3.63, 3.8) is 0 Å². The third kappa shape index (κ3) is 3.92. The minimum Gasteiger partial charge on any atom is -0.406 e. The van der Waals surface area contributed by atoms with Gasteiger partial charge in [0.2, 0.25) is 5.96 Å². The van der Waals surface area contributed by atoms with E-state index in [1.165, 1.54) is 4.31 Å². The predicted molar refractivity (Wildman–Crippen MR) is 82.2 cm³/mol. The first-order valence-corrected chi connectivity index (χ1v) is 8.81.